The molecule has 0 spiro atoms. The molecule has 0 atom stereocenters. The molecule has 0 fully saturated rings. The summed E-state index contributed by atoms with van der Waals surface area (Å²) in [5.41, 5.74) is -1.16. The molecule has 114 valence electrons. The van der Waals surface area contributed by atoms with E-state index in [0.29, 0.717) is 5.75 Å². The number of methoxy groups -OCH3 is 1. The summed E-state index contributed by atoms with van der Waals surface area (Å²) >= 11 is 0. The van der Waals surface area contributed by atoms with Crippen LogP contribution in [0.15, 0.2) is 36.4 Å². The highest BCUT2D eigenvalue weighted by Crippen LogP contribution is 2.39. The molecular weight excluding hydrogens is 294 g/mol. The third-order valence-corrected chi connectivity index (χ3v) is 2.88. The van der Waals surface area contributed by atoms with Crippen molar-refractivity contribution < 1.29 is 19.7 Å². The van der Waals surface area contributed by atoms with E-state index in [2.05, 4.69) is 5.32 Å². The first kappa shape index (κ1) is 15.0. The minimum absolute atomic E-state index is 0.0817. The summed E-state index contributed by atoms with van der Waals surface area (Å²) < 4.78 is 4.92. The number of phenolic OH excluding ortho intramolecular Hbond substituents is 1. The Kier molecular flexibility index (Phi) is 4.07. The number of aromatic hydroxyl groups is 1. The maximum Gasteiger partial charge on any atom is 0.299 e. The van der Waals surface area contributed by atoms with E-state index in [0.717, 1.165) is 12.1 Å². The van der Waals surface area contributed by atoms with Gasteiger partial charge in [-0.15, -0.1) is 0 Å². The fraction of sp³-hybridized carbons (Fsp3) is 0.0769. The summed E-state index contributed by atoms with van der Waals surface area (Å²) in [6, 6.07) is 7.67. The molecule has 0 aromatic heterocycles. The number of nitrogens with zero attached hydrogens (tertiary/aromatic N) is 2. The van der Waals surface area contributed by atoms with Crippen molar-refractivity contribution in [1.82, 2.24) is 0 Å². The third-order valence-electron chi connectivity index (χ3n) is 2.88. The number of ether oxygens (including phenoxy) is 1. The summed E-state index contributed by atoms with van der Waals surface area (Å²) in [7, 11) is 1.41. The van der Waals surface area contributed by atoms with Crippen LogP contribution in [0.3, 0.4) is 0 Å². The lowest BCUT2D eigenvalue weighted by Gasteiger charge is -2.10. The van der Waals surface area contributed by atoms with Crippen molar-refractivity contribution >= 4 is 22.7 Å². The van der Waals surface area contributed by atoms with Crippen LogP contribution >= 0.6 is 0 Å². The number of nitro groups is 2. The number of benzene rings is 2. The van der Waals surface area contributed by atoms with Gasteiger partial charge in [0.25, 0.3) is 11.4 Å². The Morgan fingerprint density at radius 3 is 2.14 bits per heavy atom. The molecule has 0 amide bonds. The van der Waals surface area contributed by atoms with Crippen LogP contribution in [0.1, 0.15) is 0 Å². The molecule has 0 bridgehead atoms. The van der Waals surface area contributed by atoms with Crippen molar-refractivity contribution in [1.29, 1.82) is 0 Å². The lowest BCUT2D eigenvalue weighted by molar-refractivity contribution is -0.392. The van der Waals surface area contributed by atoms with Crippen LogP contribution in [0.25, 0.3) is 0 Å². The van der Waals surface area contributed by atoms with E-state index in [1.165, 1.54) is 31.4 Å². The first-order valence-electron chi connectivity index (χ1n) is 6.00. The van der Waals surface area contributed by atoms with Gasteiger partial charge in [0, 0.05) is 18.2 Å². The number of hydrogen-bond acceptors (Lipinski definition) is 7. The van der Waals surface area contributed by atoms with E-state index in [4.69, 9.17) is 4.74 Å². The Hall–Kier alpha value is -3.36. The minimum Gasteiger partial charge on any atom is -0.506 e. The fourth-order valence-electron chi connectivity index (χ4n) is 1.84. The van der Waals surface area contributed by atoms with Gasteiger partial charge in [0.05, 0.1) is 22.6 Å². The number of nitro benzene ring substituents is 2. The Bertz CT molecular complexity index is 714. The van der Waals surface area contributed by atoms with E-state index in [9.17, 15) is 25.3 Å². The standard InChI is InChI=1S/C13H11N3O6/c1-22-8-5-6-9(12(17)7-8)14-13-10(15(18)19)3-2-4-11(13)16(20)21/h2-7,14,17H,1H3. The van der Waals surface area contributed by atoms with Gasteiger partial charge in [0.2, 0.25) is 0 Å². The molecule has 2 rings (SSSR count). The minimum atomic E-state index is -0.740. The smallest absolute Gasteiger partial charge is 0.299 e. The van der Waals surface area contributed by atoms with Crippen molar-refractivity contribution in [2.45, 2.75) is 0 Å². The van der Waals surface area contributed by atoms with Crippen LogP contribution in [0.2, 0.25) is 0 Å². The Labute approximate surface area is 124 Å². The molecule has 0 saturated heterocycles. The zero-order valence-electron chi connectivity index (χ0n) is 11.3. The van der Waals surface area contributed by atoms with E-state index in [-0.39, 0.29) is 17.1 Å². The van der Waals surface area contributed by atoms with Gasteiger partial charge in [-0.05, 0) is 18.2 Å². The fourth-order valence-corrected chi connectivity index (χ4v) is 1.84. The lowest BCUT2D eigenvalue weighted by Crippen LogP contribution is -2.01. The molecule has 0 radical (unpaired) electrons. The van der Waals surface area contributed by atoms with Crippen molar-refractivity contribution in [3.05, 3.63) is 56.6 Å². The van der Waals surface area contributed by atoms with Crippen LogP contribution in [0, 0.1) is 20.2 Å². The summed E-state index contributed by atoms with van der Waals surface area (Å²) in [6.45, 7) is 0. The van der Waals surface area contributed by atoms with Crippen molar-refractivity contribution in [2.24, 2.45) is 0 Å². The van der Waals surface area contributed by atoms with Gasteiger partial charge in [-0.3, -0.25) is 20.2 Å². The highest BCUT2D eigenvalue weighted by molar-refractivity contribution is 5.80. The molecule has 0 aliphatic rings. The predicted octanol–water partition coefficient (Wildman–Crippen LogP) is 2.96. The van der Waals surface area contributed by atoms with Crippen molar-refractivity contribution in [2.75, 3.05) is 12.4 Å². The zero-order chi connectivity index (χ0) is 16.3. The summed E-state index contributed by atoms with van der Waals surface area (Å²) in [4.78, 5) is 20.6. The van der Waals surface area contributed by atoms with Crippen LogP contribution < -0.4 is 10.1 Å². The second-order valence-corrected chi connectivity index (χ2v) is 4.19. The average molecular weight is 305 g/mol. The molecule has 2 N–H and O–H groups in total. The zero-order valence-corrected chi connectivity index (χ0v) is 11.3. The maximum atomic E-state index is 11.0. The van der Waals surface area contributed by atoms with Gasteiger partial charge < -0.3 is 15.2 Å². The maximum absolute atomic E-state index is 11.0. The molecule has 22 heavy (non-hydrogen) atoms. The topological polar surface area (TPSA) is 128 Å². The SMILES string of the molecule is COc1ccc(Nc2c([N+](=O)[O-])cccc2[N+](=O)[O-])c(O)c1. The predicted molar refractivity (Wildman–Crippen MR) is 77.7 cm³/mol. The van der Waals surface area contributed by atoms with Crippen LogP contribution in [-0.2, 0) is 0 Å². The van der Waals surface area contributed by atoms with Gasteiger partial charge in [-0.2, -0.15) is 0 Å². The number of rotatable bonds is 5. The van der Waals surface area contributed by atoms with E-state index < -0.39 is 21.2 Å². The quantitative estimate of drug-likeness (QED) is 0.493. The van der Waals surface area contributed by atoms with Crippen molar-refractivity contribution in [3.8, 4) is 11.5 Å². The van der Waals surface area contributed by atoms with E-state index in [1.54, 1.807) is 0 Å². The molecule has 9 heteroatoms. The molecule has 2 aromatic rings. The average Bonchev–Trinajstić information content (AvgIpc) is 2.48. The second kappa shape index (κ2) is 5.95. The molecule has 9 nitrogen and oxygen atoms in total. The molecule has 2 aromatic carbocycles. The van der Waals surface area contributed by atoms with Gasteiger partial charge >= 0.3 is 0 Å². The second-order valence-electron chi connectivity index (χ2n) is 4.19. The molecule has 0 heterocycles. The molecule has 0 aliphatic heterocycles. The van der Waals surface area contributed by atoms with Gasteiger partial charge in [-0.1, -0.05) is 0 Å². The van der Waals surface area contributed by atoms with Crippen molar-refractivity contribution in [3.63, 3.8) is 0 Å². The Morgan fingerprint density at radius 1 is 1.09 bits per heavy atom. The van der Waals surface area contributed by atoms with E-state index in [1.807, 2.05) is 0 Å². The number of phenols is 1. The van der Waals surface area contributed by atoms with Gasteiger partial charge in [0.15, 0.2) is 5.69 Å². The highest BCUT2D eigenvalue weighted by atomic mass is 16.6. The van der Waals surface area contributed by atoms with Crippen LogP contribution in [0.4, 0.5) is 22.7 Å². The molecular formula is C13H11N3O6. The first-order valence-corrected chi connectivity index (χ1v) is 6.00. The summed E-state index contributed by atoms with van der Waals surface area (Å²) in [5, 5.41) is 34.5. The lowest BCUT2D eigenvalue weighted by atomic mass is 10.2. The van der Waals surface area contributed by atoms with Gasteiger partial charge in [-0.25, -0.2) is 0 Å². The van der Waals surface area contributed by atoms with Crippen LogP contribution in [-0.4, -0.2) is 22.1 Å². The molecule has 0 unspecified atom stereocenters. The first-order chi connectivity index (χ1) is 10.4. The normalized spacial score (nSPS) is 10.0. The number of hydrogen-bond donors (Lipinski definition) is 2. The van der Waals surface area contributed by atoms with E-state index >= 15 is 0 Å². The highest BCUT2D eigenvalue weighted by Gasteiger charge is 2.25. The Morgan fingerprint density at radius 2 is 1.68 bits per heavy atom. The number of nitrogens with one attached hydrogen (secondary N) is 1. The number of anilines is 2. The number of para-hydroxylation sites is 1. The largest absolute Gasteiger partial charge is 0.506 e. The monoisotopic (exact) mass is 305 g/mol. The molecule has 0 aliphatic carbocycles. The summed E-state index contributed by atoms with van der Waals surface area (Å²) in [6.07, 6.45) is 0. The Balaban J connectivity index is 2.52. The summed E-state index contributed by atoms with van der Waals surface area (Å²) in [5.74, 6) is 0.118. The third kappa shape index (κ3) is 2.87. The molecule has 0 saturated carbocycles. The van der Waals surface area contributed by atoms with Gasteiger partial charge in [0.1, 0.15) is 11.5 Å². The van der Waals surface area contributed by atoms with Crippen LogP contribution in [0.5, 0.6) is 11.5 Å².